The number of benzene rings is 7. The minimum absolute atomic E-state index is 0.117. The molecule has 11 aromatic rings. The van der Waals surface area contributed by atoms with Crippen LogP contribution in [0.3, 0.4) is 0 Å². The molecule has 7 aromatic carbocycles. The zero-order valence-electron chi connectivity index (χ0n) is 33.6. The molecule has 11 rings (SSSR count). The maximum atomic E-state index is 12.7. The highest BCUT2D eigenvalue weighted by atomic mass is 32.2. The maximum Gasteiger partial charge on any atom is 0.296 e. The van der Waals surface area contributed by atoms with E-state index in [0.717, 1.165) is 30.4 Å². The van der Waals surface area contributed by atoms with E-state index in [2.05, 4.69) is 10.2 Å². The molecule has 0 saturated carbocycles. The fraction of sp³-hybridized carbons (Fsp3) is 0. The lowest BCUT2D eigenvalue weighted by Gasteiger charge is -2.07. The average Bonchev–Trinajstić information content (AvgIpc) is 4.12. The molecule has 0 amide bonds. The Bertz CT molecular complexity index is 4650. The van der Waals surface area contributed by atoms with Crippen LogP contribution in [0.4, 0.5) is 11.4 Å². The van der Waals surface area contributed by atoms with Crippen molar-refractivity contribution in [2.45, 2.75) is 24.5 Å². The molecule has 5 N–H and O–H groups in total. The molecule has 0 aliphatic heterocycles. The van der Waals surface area contributed by atoms with Crippen molar-refractivity contribution >= 4 is 118 Å². The van der Waals surface area contributed by atoms with Gasteiger partial charge in [0.25, 0.3) is 50.6 Å². The number of hydrogen-bond donors (Lipinski definition) is 5. The van der Waals surface area contributed by atoms with Crippen LogP contribution in [0.5, 0.6) is 0 Å². The van der Waals surface area contributed by atoms with Crippen LogP contribution in [-0.4, -0.2) is 93.0 Å². The highest BCUT2D eigenvalue weighted by molar-refractivity contribution is 7.87. The van der Waals surface area contributed by atoms with Gasteiger partial charge >= 0.3 is 0 Å². The summed E-state index contributed by atoms with van der Waals surface area (Å²) in [6.07, 6.45) is 2.30. The molecule has 0 spiro atoms. The highest BCUT2D eigenvalue weighted by Crippen LogP contribution is 2.39. The predicted molar refractivity (Wildman–Crippen MR) is 241 cm³/mol. The molecule has 4 aromatic heterocycles. The monoisotopic (exact) mass is 1020 g/mol. The number of azo groups is 1. The first-order valence-electron chi connectivity index (χ1n) is 19.2. The minimum atomic E-state index is -5.02. The van der Waals surface area contributed by atoms with Crippen LogP contribution in [0.1, 0.15) is 11.1 Å². The van der Waals surface area contributed by atoms with Crippen molar-refractivity contribution in [3.8, 4) is 11.4 Å². The van der Waals surface area contributed by atoms with Crippen molar-refractivity contribution in [3.63, 3.8) is 0 Å². The Labute approximate surface area is 381 Å². The zero-order valence-corrected chi connectivity index (χ0v) is 37.6. The van der Waals surface area contributed by atoms with Gasteiger partial charge in [0, 0.05) is 16.2 Å². The number of nitrogens with zero attached hydrogens (tertiary/aromatic N) is 8. The van der Waals surface area contributed by atoms with Crippen molar-refractivity contribution in [1.29, 1.82) is 0 Å². The van der Waals surface area contributed by atoms with Crippen LogP contribution in [0, 0.1) is 0 Å². The summed E-state index contributed by atoms with van der Waals surface area (Å²) in [4.78, 5) is 0.378. The number of fused-ring (bicyclic) bond motifs is 12. The SMILES string of the molecule is O=S(=O)(O)c1ccc2c(ccc3c2n2n(-c4ccc(N=Nc5ccc(/C=C\c6ccc(-n7n8c9cc(S(=O)(=O)O)c%10ccccc%10c9n78)cc6S(=O)(=O)O)c(S(=O)(=O)O)c5)c(S(=O)(=O)O)c4)n32)c1. The van der Waals surface area contributed by atoms with Gasteiger partial charge in [-0.1, -0.05) is 60.7 Å². The summed E-state index contributed by atoms with van der Waals surface area (Å²) in [6.45, 7) is 0. The first-order valence-corrected chi connectivity index (χ1v) is 26.4. The summed E-state index contributed by atoms with van der Waals surface area (Å²) >= 11 is 0. The molecule has 0 unspecified atom stereocenters. The van der Waals surface area contributed by atoms with Gasteiger partial charge < -0.3 is 0 Å². The fourth-order valence-electron chi connectivity index (χ4n) is 8.25. The maximum absolute atomic E-state index is 12.7. The second-order valence-corrected chi connectivity index (χ2v) is 22.3. The van der Waals surface area contributed by atoms with E-state index < -0.39 is 65.3 Å². The zero-order chi connectivity index (χ0) is 48.2. The van der Waals surface area contributed by atoms with Gasteiger partial charge in [0.15, 0.2) is 0 Å². The van der Waals surface area contributed by atoms with Crippen LogP contribution < -0.4 is 0 Å². The third-order valence-electron chi connectivity index (χ3n) is 11.3. The van der Waals surface area contributed by atoms with E-state index in [1.165, 1.54) is 76.2 Å². The number of hydrogen-bond acceptors (Lipinski definition) is 12. The Hall–Kier alpha value is -7.25. The van der Waals surface area contributed by atoms with Gasteiger partial charge in [-0.15, -0.1) is 23.6 Å². The number of rotatable bonds is 11. The van der Waals surface area contributed by atoms with Gasteiger partial charge in [0.05, 0.1) is 22.0 Å². The summed E-state index contributed by atoms with van der Waals surface area (Å²) in [5.41, 5.74) is 1.85. The normalized spacial score (nSPS) is 13.8. The van der Waals surface area contributed by atoms with Crippen LogP contribution in [0.25, 0.3) is 67.1 Å². The lowest BCUT2D eigenvalue weighted by atomic mass is 10.1. The molecule has 0 fully saturated rings. The second-order valence-electron chi connectivity index (χ2n) is 15.3. The Morgan fingerprint density at radius 2 is 0.956 bits per heavy atom. The molecule has 0 atom stereocenters. The Kier molecular flexibility index (Phi) is 9.01. The third kappa shape index (κ3) is 6.88. The van der Waals surface area contributed by atoms with Crippen molar-refractivity contribution < 1.29 is 64.9 Å². The summed E-state index contributed by atoms with van der Waals surface area (Å²) < 4.78 is 180. The van der Waals surface area contributed by atoms with Crippen molar-refractivity contribution in [2.75, 3.05) is 0 Å². The fourth-order valence-corrected chi connectivity index (χ4v) is 11.5. The summed E-state index contributed by atoms with van der Waals surface area (Å²) in [7, 11) is -24.0. The molecule has 4 heterocycles. The second kappa shape index (κ2) is 14.1. The van der Waals surface area contributed by atoms with Crippen LogP contribution in [-0.2, 0) is 50.6 Å². The molecule has 68 heavy (non-hydrogen) atoms. The first-order chi connectivity index (χ1) is 31.9. The van der Waals surface area contributed by atoms with E-state index in [1.54, 1.807) is 49.0 Å². The van der Waals surface area contributed by atoms with Crippen LogP contribution >= 0.6 is 0 Å². The van der Waals surface area contributed by atoms with E-state index in [4.69, 9.17) is 0 Å². The summed E-state index contributed by atoms with van der Waals surface area (Å²) in [5.74, 6) is 0. The molecule has 23 nitrogen and oxygen atoms in total. The average molecular weight is 1020 g/mol. The molecule has 0 radical (unpaired) electrons. The Morgan fingerprint density at radius 1 is 0.412 bits per heavy atom. The van der Waals surface area contributed by atoms with E-state index in [9.17, 15) is 64.9 Å². The predicted octanol–water partition coefficient (Wildman–Crippen LogP) is 6.28. The molecule has 0 saturated heterocycles. The van der Waals surface area contributed by atoms with E-state index in [-0.39, 0.29) is 49.1 Å². The van der Waals surface area contributed by atoms with Crippen molar-refractivity contribution in [1.82, 2.24) is 28.1 Å². The molecular weight excluding hydrogens is 993 g/mol. The summed E-state index contributed by atoms with van der Waals surface area (Å²) in [6, 6.07) is 26.1. The molecule has 0 bridgehead atoms. The molecular formula is C40H26N8O15S5. The van der Waals surface area contributed by atoms with Crippen molar-refractivity contribution in [2.24, 2.45) is 10.2 Å². The minimum Gasteiger partial charge on any atom is -0.282 e. The molecule has 0 aliphatic rings. The topological polar surface area (TPSA) is 324 Å². The van der Waals surface area contributed by atoms with Gasteiger partial charge in [-0.3, -0.25) is 22.8 Å². The van der Waals surface area contributed by atoms with Crippen LogP contribution in [0.2, 0.25) is 0 Å². The standard InChI is InChI=1S/C40H26N8O15S5/c49-64(50,51)28-13-14-29-24(17-28)9-16-33-39(29)47-43(45(33)47)27-12-15-32(38(20-27)68(61,62)63)42-41-25-10-7-22(35(18-25)65(52,53)54)5-6-23-8-11-26(19-36(23)66(55,56)57)44-46-34-21-37(67(58,59)60)30-3-1-2-4-31(30)40(34)48(44)46/h1-21H,(H,49,50,51)(H,52,53,54)(H,55,56,57)(H,58,59,60)(H,61,62,63)/b6-5-,42-41?. The Balaban J connectivity index is 0.900. The third-order valence-corrected chi connectivity index (χ3v) is 15.7. The highest BCUT2D eigenvalue weighted by Gasteiger charge is 2.31. The van der Waals surface area contributed by atoms with Crippen molar-refractivity contribution in [3.05, 3.63) is 126 Å². The first kappa shape index (κ1) is 43.3. The van der Waals surface area contributed by atoms with E-state index >= 15 is 0 Å². The smallest absolute Gasteiger partial charge is 0.282 e. The van der Waals surface area contributed by atoms with Gasteiger partial charge in [0.1, 0.15) is 47.3 Å². The van der Waals surface area contributed by atoms with Gasteiger partial charge in [-0.25, -0.2) is 0 Å². The van der Waals surface area contributed by atoms with Crippen LogP contribution in [0.15, 0.2) is 150 Å². The van der Waals surface area contributed by atoms with E-state index in [1.807, 2.05) is 0 Å². The largest absolute Gasteiger partial charge is 0.296 e. The number of aromatic nitrogens is 6. The van der Waals surface area contributed by atoms with Gasteiger partial charge in [-0.2, -0.15) is 56.8 Å². The quantitative estimate of drug-likeness (QED) is 0.0541. The molecule has 0 aliphatic carbocycles. The molecule has 28 heteroatoms. The van der Waals surface area contributed by atoms with Gasteiger partial charge in [-0.05, 0) is 83.2 Å². The molecule has 346 valence electrons. The Morgan fingerprint density at radius 3 is 1.57 bits per heavy atom. The summed E-state index contributed by atoms with van der Waals surface area (Å²) in [5, 5.41) is 9.72. The van der Waals surface area contributed by atoms with Gasteiger partial charge in [0.2, 0.25) is 0 Å². The lowest BCUT2D eigenvalue weighted by molar-refractivity contribution is 0.480. The lowest BCUT2D eigenvalue weighted by Crippen LogP contribution is -2.03. The van der Waals surface area contributed by atoms with E-state index in [0.29, 0.717) is 38.2 Å².